The van der Waals surface area contributed by atoms with Gasteiger partial charge in [0.1, 0.15) is 0 Å². The Kier molecular flexibility index (Phi) is 5.12. The average molecular weight is 328 g/mol. The van der Waals surface area contributed by atoms with Crippen LogP contribution in [0, 0.1) is 27.7 Å². The first kappa shape index (κ1) is 17.8. The van der Waals surface area contributed by atoms with Crippen LogP contribution in [0.3, 0.4) is 0 Å². The fourth-order valence-electron chi connectivity index (χ4n) is 2.90. The van der Waals surface area contributed by atoms with Crippen LogP contribution in [-0.2, 0) is 4.74 Å². The Labute approximate surface area is 142 Å². The lowest BCUT2D eigenvalue weighted by atomic mass is 10.0. The summed E-state index contributed by atoms with van der Waals surface area (Å²) in [5.41, 5.74) is 5.33. The van der Waals surface area contributed by atoms with Crippen molar-refractivity contribution in [1.29, 1.82) is 0 Å². The molecule has 0 aliphatic heterocycles. The lowest BCUT2D eigenvalue weighted by Gasteiger charge is -2.16. The second-order valence-electron chi connectivity index (χ2n) is 6.17. The molecule has 1 atom stereocenters. The van der Waals surface area contributed by atoms with Gasteiger partial charge in [-0.1, -0.05) is 17.7 Å². The van der Waals surface area contributed by atoms with E-state index in [-0.39, 0.29) is 5.78 Å². The molecule has 0 saturated carbocycles. The van der Waals surface area contributed by atoms with Gasteiger partial charge in [-0.3, -0.25) is 4.79 Å². The van der Waals surface area contributed by atoms with Crippen LogP contribution in [-0.4, -0.2) is 29.9 Å². The van der Waals surface area contributed by atoms with Crippen LogP contribution >= 0.6 is 0 Å². The molecule has 2 aromatic rings. The van der Waals surface area contributed by atoms with Gasteiger partial charge in [0, 0.05) is 11.4 Å². The van der Waals surface area contributed by atoms with Gasteiger partial charge in [0.25, 0.3) is 0 Å². The van der Waals surface area contributed by atoms with E-state index in [0.29, 0.717) is 22.5 Å². The highest BCUT2D eigenvalue weighted by Crippen LogP contribution is 2.22. The molecule has 0 unspecified atom stereocenters. The Morgan fingerprint density at radius 3 is 2.42 bits per heavy atom. The summed E-state index contributed by atoms with van der Waals surface area (Å²) in [7, 11) is 1.33. The molecule has 0 radical (unpaired) electrons. The van der Waals surface area contributed by atoms with Crippen molar-refractivity contribution in [3.05, 3.63) is 51.8 Å². The van der Waals surface area contributed by atoms with E-state index in [4.69, 9.17) is 4.74 Å². The number of hydrogen-bond acceptors (Lipinski definition) is 4. The molecule has 5 nitrogen and oxygen atoms in total. The van der Waals surface area contributed by atoms with E-state index in [0.717, 1.165) is 11.3 Å². The Morgan fingerprint density at radius 1 is 1.17 bits per heavy atom. The van der Waals surface area contributed by atoms with E-state index in [9.17, 15) is 9.59 Å². The number of H-pyrrole nitrogens is 1. The number of carbonyl (C=O) groups is 2. The molecule has 128 valence electrons. The highest BCUT2D eigenvalue weighted by Gasteiger charge is 2.25. The van der Waals surface area contributed by atoms with Gasteiger partial charge in [-0.2, -0.15) is 0 Å². The Morgan fingerprint density at radius 2 is 1.83 bits per heavy atom. The summed E-state index contributed by atoms with van der Waals surface area (Å²) in [6, 6.07) is 5.63. The minimum Gasteiger partial charge on any atom is -0.465 e. The van der Waals surface area contributed by atoms with Crippen molar-refractivity contribution in [2.75, 3.05) is 12.4 Å². The molecular weight excluding hydrogens is 304 g/mol. The molecule has 0 fully saturated rings. The van der Waals surface area contributed by atoms with Crippen LogP contribution in [0.1, 0.15) is 50.2 Å². The molecule has 0 saturated heterocycles. The lowest BCUT2D eigenvalue weighted by molar-refractivity contribution is 0.0599. The van der Waals surface area contributed by atoms with E-state index in [1.807, 2.05) is 32.9 Å². The predicted octanol–water partition coefficient (Wildman–Crippen LogP) is 3.72. The largest absolute Gasteiger partial charge is 0.465 e. The van der Waals surface area contributed by atoms with E-state index < -0.39 is 12.0 Å². The maximum Gasteiger partial charge on any atom is 0.339 e. The summed E-state index contributed by atoms with van der Waals surface area (Å²) < 4.78 is 4.79. The van der Waals surface area contributed by atoms with Crippen molar-refractivity contribution < 1.29 is 14.3 Å². The molecule has 0 bridgehead atoms. The van der Waals surface area contributed by atoms with E-state index in [2.05, 4.69) is 16.4 Å². The van der Waals surface area contributed by atoms with Crippen molar-refractivity contribution in [3.63, 3.8) is 0 Å². The van der Waals surface area contributed by atoms with Gasteiger partial charge in [-0.05, 0) is 51.8 Å². The van der Waals surface area contributed by atoms with Crippen LogP contribution in [0.25, 0.3) is 0 Å². The summed E-state index contributed by atoms with van der Waals surface area (Å²) in [6.07, 6.45) is 0. The standard InChI is InChI=1S/C19H24N2O3/c1-10-7-8-15(11(2)9-10)20-14(5)18(22)17-12(3)16(13(4)21-17)19(23)24-6/h7-9,14,20-21H,1-6H3/t14-/m0/s1. The van der Waals surface area contributed by atoms with Gasteiger partial charge in [0.2, 0.25) is 5.78 Å². The maximum atomic E-state index is 12.8. The molecule has 1 aromatic carbocycles. The number of esters is 1. The summed E-state index contributed by atoms with van der Waals surface area (Å²) in [5, 5.41) is 3.25. The number of aryl methyl sites for hydroxylation is 3. The van der Waals surface area contributed by atoms with E-state index in [1.165, 1.54) is 12.7 Å². The van der Waals surface area contributed by atoms with Gasteiger partial charge in [0.05, 0.1) is 24.4 Å². The fraction of sp³-hybridized carbons (Fsp3) is 0.368. The Bertz CT molecular complexity index is 790. The summed E-state index contributed by atoms with van der Waals surface area (Å²) in [4.78, 5) is 27.7. The van der Waals surface area contributed by atoms with Crippen LogP contribution in [0.2, 0.25) is 0 Å². The number of methoxy groups -OCH3 is 1. The van der Waals surface area contributed by atoms with Crippen LogP contribution in [0.4, 0.5) is 5.69 Å². The molecule has 0 amide bonds. The number of Topliss-reactive ketones (excluding diaryl/α,β-unsaturated/α-hetero) is 1. The molecule has 5 heteroatoms. The predicted molar refractivity (Wildman–Crippen MR) is 94.9 cm³/mol. The number of carbonyl (C=O) groups excluding carboxylic acids is 2. The van der Waals surface area contributed by atoms with Crippen molar-refractivity contribution in [3.8, 4) is 0 Å². The number of anilines is 1. The fourth-order valence-corrected chi connectivity index (χ4v) is 2.90. The SMILES string of the molecule is COC(=O)c1c(C)[nH]c(C(=O)[C@H](C)Nc2ccc(C)cc2C)c1C. The van der Waals surface area contributed by atoms with Crippen molar-refractivity contribution >= 4 is 17.4 Å². The quantitative estimate of drug-likeness (QED) is 0.648. The normalized spacial score (nSPS) is 11.9. The molecule has 0 aliphatic carbocycles. The first-order chi connectivity index (χ1) is 11.3. The number of aromatic nitrogens is 1. The number of ether oxygens (including phenoxy) is 1. The van der Waals surface area contributed by atoms with Gasteiger partial charge in [0.15, 0.2) is 0 Å². The molecule has 2 N–H and O–H groups in total. The topological polar surface area (TPSA) is 71.2 Å². The number of nitrogens with one attached hydrogen (secondary N) is 2. The van der Waals surface area contributed by atoms with E-state index >= 15 is 0 Å². The number of aromatic amines is 1. The molecule has 2 rings (SSSR count). The lowest BCUT2D eigenvalue weighted by Crippen LogP contribution is -2.27. The average Bonchev–Trinajstić information content (AvgIpc) is 2.83. The smallest absolute Gasteiger partial charge is 0.339 e. The molecule has 1 heterocycles. The maximum absolute atomic E-state index is 12.8. The number of benzene rings is 1. The Hall–Kier alpha value is -2.56. The minimum atomic E-state index is -0.435. The van der Waals surface area contributed by atoms with E-state index in [1.54, 1.807) is 13.8 Å². The molecule has 24 heavy (non-hydrogen) atoms. The van der Waals surface area contributed by atoms with Crippen molar-refractivity contribution in [2.24, 2.45) is 0 Å². The van der Waals surface area contributed by atoms with Gasteiger partial charge >= 0.3 is 5.97 Å². The monoisotopic (exact) mass is 328 g/mol. The van der Waals surface area contributed by atoms with Crippen LogP contribution < -0.4 is 5.32 Å². The first-order valence-corrected chi connectivity index (χ1v) is 7.91. The van der Waals surface area contributed by atoms with Crippen LogP contribution in [0.5, 0.6) is 0 Å². The zero-order valence-corrected chi connectivity index (χ0v) is 15.0. The zero-order chi connectivity index (χ0) is 18.0. The third-order valence-corrected chi connectivity index (χ3v) is 4.22. The summed E-state index contributed by atoms with van der Waals surface area (Å²) in [5.74, 6) is -0.527. The Balaban J connectivity index is 2.27. The molecular formula is C19H24N2O3. The number of ketones is 1. The summed E-state index contributed by atoms with van der Waals surface area (Å²) >= 11 is 0. The van der Waals surface area contributed by atoms with Gasteiger partial charge in [-0.25, -0.2) is 4.79 Å². The van der Waals surface area contributed by atoms with Crippen molar-refractivity contribution in [2.45, 2.75) is 40.7 Å². The second kappa shape index (κ2) is 6.91. The van der Waals surface area contributed by atoms with Gasteiger partial charge in [-0.15, -0.1) is 0 Å². The third kappa shape index (κ3) is 3.35. The van der Waals surface area contributed by atoms with Crippen molar-refractivity contribution in [1.82, 2.24) is 4.98 Å². The third-order valence-electron chi connectivity index (χ3n) is 4.22. The molecule has 0 spiro atoms. The minimum absolute atomic E-state index is 0.0919. The van der Waals surface area contributed by atoms with Gasteiger partial charge < -0.3 is 15.0 Å². The number of hydrogen-bond donors (Lipinski definition) is 2. The highest BCUT2D eigenvalue weighted by molar-refractivity contribution is 6.04. The number of rotatable bonds is 5. The summed E-state index contributed by atoms with van der Waals surface area (Å²) in [6.45, 7) is 9.37. The zero-order valence-electron chi connectivity index (χ0n) is 15.0. The molecule has 0 aliphatic rings. The van der Waals surface area contributed by atoms with Crippen LogP contribution in [0.15, 0.2) is 18.2 Å². The second-order valence-corrected chi connectivity index (χ2v) is 6.17. The molecule has 1 aromatic heterocycles. The first-order valence-electron chi connectivity index (χ1n) is 7.91. The highest BCUT2D eigenvalue weighted by atomic mass is 16.5.